The quantitative estimate of drug-likeness (QED) is 0.767. The molecule has 2 rings (SSSR count). The number of hydrogen-bond acceptors (Lipinski definition) is 3. The van der Waals surface area contributed by atoms with Crippen LogP contribution in [0.5, 0.6) is 0 Å². The van der Waals surface area contributed by atoms with Gasteiger partial charge in [-0.25, -0.2) is 4.79 Å². The van der Waals surface area contributed by atoms with Crippen molar-refractivity contribution in [2.45, 2.75) is 19.4 Å². The van der Waals surface area contributed by atoms with Crippen molar-refractivity contribution in [1.82, 2.24) is 5.32 Å². The van der Waals surface area contributed by atoms with Crippen molar-refractivity contribution in [1.29, 1.82) is 0 Å². The first-order valence-corrected chi connectivity index (χ1v) is 7.44. The molecule has 0 aliphatic rings. The van der Waals surface area contributed by atoms with Gasteiger partial charge in [-0.2, -0.15) is 11.3 Å². The molecular formula is C15H16N2O3S. The monoisotopic (exact) mass is 304 g/mol. The summed E-state index contributed by atoms with van der Waals surface area (Å²) in [5.74, 6) is -0.832. The molecule has 1 heterocycles. The molecule has 21 heavy (non-hydrogen) atoms. The van der Waals surface area contributed by atoms with E-state index in [-0.39, 0.29) is 12.5 Å². The van der Waals surface area contributed by atoms with Crippen molar-refractivity contribution in [3.05, 3.63) is 52.2 Å². The Morgan fingerprint density at radius 2 is 2.05 bits per heavy atom. The van der Waals surface area contributed by atoms with Crippen molar-refractivity contribution < 1.29 is 14.7 Å². The number of urea groups is 1. The summed E-state index contributed by atoms with van der Waals surface area (Å²) >= 11 is 1.59. The van der Waals surface area contributed by atoms with E-state index in [0.717, 1.165) is 11.1 Å². The molecule has 2 aromatic rings. The van der Waals surface area contributed by atoms with Gasteiger partial charge >= 0.3 is 12.0 Å². The van der Waals surface area contributed by atoms with Crippen LogP contribution in [0.25, 0.3) is 0 Å². The smallest absolute Gasteiger partial charge is 0.319 e. The molecule has 1 aromatic heterocycles. The number of rotatable bonds is 6. The maximum absolute atomic E-state index is 11.8. The lowest BCUT2D eigenvalue weighted by Crippen LogP contribution is -2.28. The first-order valence-electron chi connectivity index (χ1n) is 6.50. The molecule has 2 amide bonds. The maximum atomic E-state index is 11.8. The molecule has 0 fully saturated rings. The van der Waals surface area contributed by atoms with Gasteiger partial charge in [0, 0.05) is 18.7 Å². The van der Waals surface area contributed by atoms with Crippen LogP contribution in [-0.2, 0) is 17.8 Å². The topological polar surface area (TPSA) is 78.4 Å². The van der Waals surface area contributed by atoms with Gasteiger partial charge in [-0.1, -0.05) is 12.1 Å². The Morgan fingerprint density at radius 3 is 2.76 bits per heavy atom. The van der Waals surface area contributed by atoms with E-state index < -0.39 is 5.97 Å². The number of anilines is 1. The Hall–Kier alpha value is -2.34. The summed E-state index contributed by atoms with van der Waals surface area (Å²) in [5, 5.41) is 18.1. The van der Waals surface area contributed by atoms with E-state index in [1.54, 1.807) is 29.5 Å². The molecule has 1 aromatic carbocycles. The van der Waals surface area contributed by atoms with Gasteiger partial charge < -0.3 is 15.7 Å². The van der Waals surface area contributed by atoms with Crippen LogP contribution in [0.2, 0.25) is 0 Å². The van der Waals surface area contributed by atoms with Gasteiger partial charge in [0.1, 0.15) is 0 Å². The largest absolute Gasteiger partial charge is 0.481 e. The Balaban J connectivity index is 1.85. The number of hydrogen-bond donors (Lipinski definition) is 3. The van der Waals surface area contributed by atoms with Crippen molar-refractivity contribution in [2.24, 2.45) is 0 Å². The van der Waals surface area contributed by atoms with Crippen molar-refractivity contribution in [3.8, 4) is 0 Å². The molecule has 6 heteroatoms. The first kappa shape index (κ1) is 15.1. The van der Waals surface area contributed by atoms with Crippen LogP contribution in [0.4, 0.5) is 10.5 Å². The highest BCUT2D eigenvalue weighted by Gasteiger charge is 2.04. The molecule has 0 saturated carbocycles. The molecule has 0 radical (unpaired) electrons. The fraction of sp³-hybridized carbons (Fsp3) is 0.200. The molecule has 0 unspecified atom stereocenters. The van der Waals surface area contributed by atoms with E-state index in [1.807, 2.05) is 22.9 Å². The van der Waals surface area contributed by atoms with Crippen molar-refractivity contribution in [3.63, 3.8) is 0 Å². The number of aliphatic carboxylic acids is 1. The van der Waals surface area contributed by atoms with E-state index in [0.29, 0.717) is 18.7 Å². The number of carboxylic acid groups (broad SMARTS) is 1. The lowest BCUT2D eigenvalue weighted by atomic mass is 10.1. The Bertz CT molecular complexity index is 611. The number of carbonyl (C=O) groups excluding carboxylic acids is 1. The van der Waals surface area contributed by atoms with Crippen molar-refractivity contribution >= 4 is 29.0 Å². The number of thiophene rings is 1. The normalized spacial score (nSPS) is 10.1. The number of aryl methyl sites for hydroxylation is 1. The number of amides is 2. The van der Waals surface area contributed by atoms with Crippen LogP contribution in [0.1, 0.15) is 17.5 Å². The van der Waals surface area contributed by atoms with Crippen molar-refractivity contribution in [2.75, 3.05) is 5.32 Å². The van der Waals surface area contributed by atoms with Crippen LogP contribution in [-0.4, -0.2) is 17.1 Å². The minimum atomic E-state index is -0.832. The second-order valence-corrected chi connectivity index (χ2v) is 5.31. The van der Waals surface area contributed by atoms with Gasteiger partial charge in [-0.3, -0.25) is 4.79 Å². The summed E-state index contributed by atoms with van der Waals surface area (Å²) in [6, 6.07) is 8.87. The summed E-state index contributed by atoms with van der Waals surface area (Å²) in [7, 11) is 0. The molecule has 0 saturated heterocycles. The zero-order valence-electron chi connectivity index (χ0n) is 11.3. The average molecular weight is 304 g/mol. The van der Waals surface area contributed by atoms with Gasteiger partial charge in [0.2, 0.25) is 0 Å². The predicted molar refractivity (Wildman–Crippen MR) is 82.6 cm³/mol. The van der Waals surface area contributed by atoms with E-state index in [1.165, 1.54) is 0 Å². The second-order valence-electron chi connectivity index (χ2n) is 4.53. The van der Waals surface area contributed by atoms with Gasteiger partial charge in [-0.15, -0.1) is 0 Å². The molecule has 0 atom stereocenters. The third-order valence-corrected chi connectivity index (χ3v) is 3.58. The number of nitrogens with one attached hydrogen (secondary N) is 2. The summed E-state index contributed by atoms with van der Waals surface area (Å²) in [5.41, 5.74) is 2.60. The molecule has 3 N–H and O–H groups in total. The zero-order valence-corrected chi connectivity index (χ0v) is 12.2. The standard InChI is InChI=1S/C15H16N2O3S/c18-14(19)5-4-11-2-1-3-13(8-11)17-15(20)16-9-12-6-7-21-10-12/h1-3,6-8,10H,4-5,9H2,(H,18,19)(H2,16,17,20). The molecule has 0 aliphatic carbocycles. The Kier molecular flexibility index (Phi) is 5.34. The third kappa shape index (κ3) is 5.27. The highest BCUT2D eigenvalue weighted by atomic mass is 32.1. The predicted octanol–water partition coefficient (Wildman–Crippen LogP) is 3.09. The molecule has 0 bridgehead atoms. The number of carboxylic acids is 1. The summed E-state index contributed by atoms with van der Waals surface area (Å²) in [6.45, 7) is 0.480. The Labute approximate surface area is 126 Å². The third-order valence-electron chi connectivity index (χ3n) is 2.85. The maximum Gasteiger partial charge on any atom is 0.319 e. The van der Waals surface area contributed by atoms with Crippen LogP contribution in [0.3, 0.4) is 0 Å². The zero-order chi connectivity index (χ0) is 15.1. The molecule has 110 valence electrons. The van der Waals surface area contributed by atoms with Crippen LogP contribution < -0.4 is 10.6 Å². The van der Waals surface area contributed by atoms with Crippen LogP contribution >= 0.6 is 11.3 Å². The van der Waals surface area contributed by atoms with Gasteiger partial charge in [-0.05, 0) is 46.5 Å². The first-order chi connectivity index (χ1) is 10.1. The Morgan fingerprint density at radius 1 is 1.19 bits per heavy atom. The molecule has 0 spiro atoms. The molecular weight excluding hydrogens is 288 g/mol. The van der Waals surface area contributed by atoms with Gasteiger partial charge in [0.25, 0.3) is 0 Å². The fourth-order valence-corrected chi connectivity index (χ4v) is 2.48. The summed E-state index contributed by atoms with van der Waals surface area (Å²) in [4.78, 5) is 22.3. The highest BCUT2D eigenvalue weighted by molar-refractivity contribution is 7.07. The SMILES string of the molecule is O=C(O)CCc1cccc(NC(=O)NCc2ccsc2)c1. The second kappa shape index (κ2) is 7.44. The van der Waals surface area contributed by atoms with E-state index in [4.69, 9.17) is 5.11 Å². The highest BCUT2D eigenvalue weighted by Crippen LogP contribution is 2.12. The lowest BCUT2D eigenvalue weighted by molar-refractivity contribution is -0.136. The number of benzene rings is 1. The van der Waals surface area contributed by atoms with Gasteiger partial charge in [0.05, 0.1) is 0 Å². The fourth-order valence-electron chi connectivity index (χ4n) is 1.81. The summed E-state index contributed by atoms with van der Waals surface area (Å²) in [6.07, 6.45) is 0.523. The average Bonchev–Trinajstić information content (AvgIpc) is 2.97. The minimum absolute atomic E-state index is 0.0772. The number of carbonyl (C=O) groups is 2. The van der Waals surface area contributed by atoms with E-state index in [2.05, 4.69) is 10.6 Å². The lowest BCUT2D eigenvalue weighted by Gasteiger charge is -2.08. The molecule has 5 nitrogen and oxygen atoms in total. The van der Waals surface area contributed by atoms with E-state index in [9.17, 15) is 9.59 Å². The minimum Gasteiger partial charge on any atom is -0.481 e. The van der Waals surface area contributed by atoms with Crippen LogP contribution in [0, 0.1) is 0 Å². The molecule has 0 aliphatic heterocycles. The van der Waals surface area contributed by atoms with Gasteiger partial charge in [0.15, 0.2) is 0 Å². The van der Waals surface area contributed by atoms with E-state index >= 15 is 0 Å². The summed E-state index contributed by atoms with van der Waals surface area (Å²) < 4.78 is 0. The van der Waals surface area contributed by atoms with Crippen LogP contribution in [0.15, 0.2) is 41.1 Å².